The largest absolute Gasteiger partial charge is 0.377 e. The molecule has 1 aromatic rings. The number of aliphatic imine (C=N–C) groups is 1. The first-order valence-electron chi connectivity index (χ1n) is 7.90. The maximum atomic E-state index is 13.6. The third kappa shape index (κ3) is 7.12. The average molecular weight is 451 g/mol. The maximum Gasteiger partial charge on any atom is 0.191 e. The molecule has 1 aliphatic rings. The minimum absolute atomic E-state index is 0. The molecule has 0 saturated heterocycles. The molecular formula is C17H24F2IN3O. The van der Waals surface area contributed by atoms with Crippen LogP contribution in [0.25, 0.3) is 0 Å². The predicted octanol–water partition coefficient (Wildman–Crippen LogP) is 3.37. The van der Waals surface area contributed by atoms with E-state index < -0.39 is 11.6 Å². The first-order chi connectivity index (χ1) is 11.2. The number of hydrogen-bond acceptors (Lipinski definition) is 2. The van der Waals surface area contributed by atoms with Crippen molar-refractivity contribution in [1.82, 2.24) is 10.6 Å². The van der Waals surface area contributed by atoms with E-state index in [-0.39, 0.29) is 36.1 Å². The Labute approximate surface area is 158 Å². The number of halogens is 3. The summed E-state index contributed by atoms with van der Waals surface area (Å²) in [6, 6.07) is 3.40. The molecule has 2 rings (SSSR count). The third-order valence-corrected chi connectivity index (χ3v) is 3.56. The smallest absolute Gasteiger partial charge is 0.191 e. The van der Waals surface area contributed by atoms with Crippen molar-refractivity contribution in [3.05, 3.63) is 47.0 Å². The van der Waals surface area contributed by atoms with E-state index in [0.29, 0.717) is 19.1 Å². The quantitative estimate of drug-likeness (QED) is 0.302. The van der Waals surface area contributed by atoms with Gasteiger partial charge in [-0.25, -0.2) is 13.8 Å². The molecule has 7 heteroatoms. The van der Waals surface area contributed by atoms with Gasteiger partial charge < -0.3 is 15.4 Å². The van der Waals surface area contributed by atoms with Crippen LogP contribution in [0.2, 0.25) is 0 Å². The Bertz CT molecular complexity index is 579. The standard InChI is InChI=1S/C17H23F2N3O.HI/c1-2-20-17(21-8-5-13-6-9-23-10-7-13)22-12-14-11-15(18)3-4-16(14)19;/h3-4,6,11H,2,5,7-10,12H2,1H3,(H2,20,21,22);1H. The highest BCUT2D eigenvalue weighted by Crippen LogP contribution is 2.11. The molecule has 24 heavy (non-hydrogen) atoms. The number of hydrogen-bond donors (Lipinski definition) is 2. The van der Waals surface area contributed by atoms with Gasteiger partial charge in [-0.1, -0.05) is 11.6 Å². The molecule has 1 heterocycles. The van der Waals surface area contributed by atoms with E-state index in [1.54, 1.807) is 0 Å². The van der Waals surface area contributed by atoms with Gasteiger partial charge in [0, 0.05) is 18.7 Å². The maximum absolute atomic E-state index is 13.6. The highest BCUT2D eigenvalue weighted by atomic mass is 127. The van der Waals surface area contributed by atoms with E-state index >= 15 is 0 Å². The van der Waals surface area contributed by atoms with E-state index in [1.165, 1.54) is 11.6 Å². The second kappa shape index (κ2) is 11.4. The Balaban J connectivity index is 0.00000288. The van der Waals surface area contributed by atoms with E-state index in [0.717, 1.165) is 38.1 Å². The molecule has 0 spiro atoms. The van der Waals surface area contributed by atoms with Gasteiger partial charge in [0.2, 0.25) is 0 Å². The van der Waals surface area contributed by atoms with Gasteiger partial charge in [-0.05, 0) is 38.0 Å². The molecule has 0 fully saturated rings. The van der Waals surface area contributed by atoms with Crippen LogP contribution in [0, 0.1) is 11.6 Å². The van der Waals surface area contributed by atoms with Gasteiger partial charge in [0.05, 0.1) is 19.8 Å². The summed E-state index contributed by atoms with van der Waals surface area (Å²) >= 11 is 0. The van der Waals surface area contributed by atoms with Crippen molar-refractivity contribution in [3.8, 4) is 0 Å². The Kier molecular flexibility index (Phi) is 9.85. The van der Waals surface area contributed by atoms with Crippen molar-refractivity contribution in [2.24, 2.45) is 4.99 Å². The van der Waals surface area contributed by atoms with E-state index in [1.807, 2.05) is 6.92 Å². The number of guanidine groups is 1. The van der Waals surface area contributed by atoms with Gasteiger partial charge in [0.15, 0.2) is 5.96 Å². The average Bonchev–Trinajstić information content (AvgIpc) is 2.56. The van der Waals surface area contributed by atoms with Gasteiger partial charge >= 0.3 is 0 Å². The van der Waals surface area contributed by atoms with Crippen molar-refractivity contribution in [3.63, 3.8) is 0 Å². The molecule has 4 nitrogen and oxygen atoms in total. The SMILES string of the molecule is CCNC(=NCc1cc(F)ccc1F)NCCC1=CCOCC1.I. The minimum atomic E-state index is -0.457. The molecule has 0 aliphatic carbocycles. The van der Waals surface area contributed by atoms with Crippen LogP contribution in [0.4, 0.5) is 8.78 Å². The monoisotopic (exact) mass is 451 g/mol. The lowest BCUT2D eigenvalue weighted by Gasteiger charge is -2.15. The highest BCUT2D eigenvalue weighted by molar-refractivity contribution is 14.0. The summed E-state index contributed by atoms with van der Waals surface area (Å²) in [5, 5.41) is 6.32. The van der Waals surface area contributed by atoms with Crippen molar-refractivity contribution < 1.29 is 13.5 Å². The Morgan fingerprint density at radius 2 is 2.12 bits per heavy atom. The zero-order valence-corrected chi connectivity index (χ0v) is 16.1. The molecule has 1 aromatic carbocycles. The lowest BCUT2D eigenvalue weighted by molar-refractivity contribution is 0.153. The number of benzene rings is 1. The summed E-state index contributed by atoms with van der Waals surface area (Å²) in [4.78, 5) is 4.31. The topological polar surface area (TPSA) is 45.7 Å². The molecule has 0 aromatic heterocycles. The Hall–Kier alpha value is -1.22. The van der Waals surface area contributed by atoms with Crippen LogP contribution in [0.3, 0.4) is 0 Å². The number of nitrogens with zero attached hydrogens (tertiary/aromatic N) is 1. The second-order valence-corrected chi connectivity index (χ2v) is 5.29. The van der Waals surface area contributed by atoms with Crippen LogP contribution in [0.15, 0.2) is 34.8 Å². The van der Waals surface area contributed by atoms with Crippen LogP contribution in [0.5, 0.6) is 0 Å². The van der Waals surface area contributed by atoms with Gasteiger partial charge in [-0.3, -0.25) is 0 Å². The summed E-state index contributed by atoms with van der Waals surface area (Å²) in [5.74, 6) is -0.303. The number of ether oxygens (including phenoxy) is 1. The Morgan fingerprint density at radius 3 is 2.83 bits per heavy atom. The molecular weight excluding hydrogens is 427 g/mol. The normalized spacial score (nSPS) is 14.6. The summed E-state index contributed by atoms with van der Waals surface area (Å²) in [7, 11) is 0. The molecule has 1 aliphatic heterocycles. The van der Waals surface area contributed by atoms with Crippen LogP contribution in [-0.2, 0) is 11.3 Å². The van der Waals surface area contributed by atoms with Crippen molar-refractivity contribution in [2.45, 2.75) is 26.3 Å². The number of rotatable bonds is 6. The minimum Gasteiger partial charge on any atom is -0.377 e. The lowest BCUT2D eigenvalue weighted by atomic mass is 10.1. The first kappa shape index (κ1) is 20.8. The van der Waals surface area contributed by atoms with Crippen molar-refractivity contribution in [2.75, 3.05) is 26.3 Å². The van der Waals surface area contributed by atoms with E-state index in [4.69, 9.17) is 4.74 Å². The van der Waals surface area contributed by atoms with Crippen LogP contribution < -0.4 is 10.6 Å². The third-order valence-electron chi connectivity index (χ3n) is 3.56. The molecule has 134 valence electrons. The van der Waals surface area contributed by atoms with Gasteiger partial charge in [-0.2, -0.15) is 0 Å². The van der Waals surface area contributed by atoms with Gasteiger partial charge in [-0.15, -0.1) is 24.0 Å². The summed E-state index contributed by atoms with van der Waals surface area (Å²) in [6.45, 7) is 4.95. The molecule has 0 atom stereocenters. The fourth-order valence-corrected chi connectivity index (χ4v) is 2.30. The second-order valence-electron chi connectivity index (χ2n) is 5.29. The zero-order chi connectivity index (χ0) is 16.5. The summed E-state index contributed by atoms with van der Waals surface area (Å²) in [6.07, 6.45) is 3.99. The summed E-state index contributed by atoms with van der Waals surface area (Å²) in [5.41, 5.74) is 1.62. The molecule has 2 N–H and O–H groups in total. The zero-order valence-electron chi connectivity index (χ0n) is 13.8. The van der Waals surface area contributed by atoms with Gasteiger partial charge in [0.25, 0.3) is 0 Å². The van der Waals surface area contributed by atoms with Crippen molar-refractivity contribution >= 4 is 29.9 Å². The van der Waals surface area contributed by atoms with Crippen LogP contribution in [-0.4, -0.2) is 32.3 Å². The van der Waals surface area contributed by atoms with Crippen molar-refractivity contribution in [1.29, 1.82) is 0 Å². The summed E-state index contributed by atoms with van der Waals surface area (Å²) < 4.78 is 32.0. The molecule has 0 radical (unpaired) electrons. The lowest BCUT2D eigenvalue weighted by Crippen LogP contribution is -2.38. The first-order valence-corrected chi connectivity index (χ1v) is 7.90. The molecule has 0 bridgehead atoms. The molecule has 0 unspecified atom stereocenters. The Morgan fingerprint density at radius 1 is 1.29 bits per heavy atom. The molecule has 0 amide bonds. The fraction of sp³-hybridized carbons (Fsp3) is 0.471. The predicted molar refractivity (Wildman–Crippen MR) is 103 cm³/mol. The molecule has 0 saturated carbocycles. The fourth-order valence-electron chi connectivity index (χ4n) is 2.30. The highest BCUT2D eigenvalue weighted by Gasteiger charge is 2.06. The number of nitrogens with one attached hydrogen (secondary N) is 2. The van der Waals surface area contributed by atoms with E-state index in [2.05, 4.69) is 21.7 Å². The van der Waals surface area contributed by atoms with E-state index in [9.17, 15) is 8.78 Å². The van der Waals surface area contributed by atoms with Crippen LogP contribution in [0.1, 0.15) is 25.3 Å². The van der Waals surface area contributed by atoms with Crippen LogP contribution >= 0.6 is 24.0 Å². The van der Waals surface area contributed by atoms with Gasteiger partial charge in [0.1, 0.15) is 11.6 Å².